The summed E-state index contributed by atoms with van der Waals surface area (Å²) in [5.41, 5.74) is 2.71. The van der Waals surface area contributed by atoms with Crippen LogP contribution in [0, 0.1) is 13.8 Å². The van der Waals surface area contributed by atoms with Crippen LogP contribution in [0.2, 0.25) is 10.0 Å². The van der Waals surface area contributed by atoms with Crippen LogP contribution in [0.15, 0.2) is 65.6 Å². The number of carbonyl (C=O) groups excluding carboxylic acids is 1. The van der Waals surface area contributed by atoms with Crippen LogP contribution in [0.1, 0.15) is 21.5 Å². The van der Waals surface area contributed by atoms with Gasteiger partial charge in [-0.05, 0) is 67.9 Å². The van der Waals surface area contributed by atoms with E-state index < -0.39 is 10.0 Å². The van der Waals surface area contributed by atoms with E-state index >= 15 is 0 Å². The Balaban J connectivity index is 1.80. The summed E-state index contributed by atoms with van der Waals surface area (Å²) in [5.74, 6) is -0.384. The second-order valence-corrected chi connectivity index (χ2v) is 9.05. The molecular weight excluding hydrogens is 431 g/mol. The van der Waals surface area contributed by atoms with E-state index in [4.69, 9.17) is 23.2 Å². The number of benzene rings is 3. The third-order valence-electron chi connectivity index (χ3n) is 4.24. The molecule has 3 rings (SSSR count). The molecule has 0 aliphatic heterocycles. The van der Waals surface area contributed by atoms with E-state index in [0.717, 1.165) is 5.56 Å². The first-order chi connectivity index (χ1) is 13.7. The summed E-state index contributed by atoms with van der Waals surface area (Å²) in [7, 11) is -3.73. The van der Waals surface area contributed by atoms with Crippen molar-refractivity contribution in [3.63, 3.8) is 0 Å². The van der Waals surface area contributed by atoms with Crippen molar-refractivity contribution in [3.05, 3.63) is 87.4 Å². The van der Waals surface area contributed by atoms with Crippen molar-refractivity contribution >= 4 is 50.5 Å². The minimum Gasteiger partial charge on any atom is -0.321 e. The number of anilines is 2. The summed E-state index contributed by atoms with van der Waals surface area (Å²) < 4.78 is 27.7. The lowest BCUT2D eigenvalue weighted by Gasteiger charge is -2.13. The quantitative estimate of drug-likeness (QED) is 0.528. The van der Waals surface area contributed by atoms with Gasteiger partial charge < -0.3 is 5.32 Å². The van der Waals surface area contributed by atoms with E-state index in [1.807, 2.05) is 6.92 Å². The summed E-state index contributed by atoms with van der Waals surface area (Å²) in [6.07, 6.45) is 0. The fourth-order valence-electron chi connectivity index (χ4n) is 2.63. The van der Waals surface area contributed by atoms with Crippen LogP contribution in [0.3, 0.4) is 0 Å². The van der Waals surface area contributed by atoms with E-state index in [1.54, 1.807) is 61.5 Å². The molecule has 5 nitrogen and oxygen atoms in total. The van der Waals surface area contributed by atoms with E-state index in [2.05, 4.69) is 10.0 Å². The lowest BCUT2D eigenvalue weighted by Crippen LogP contribution is -2.15. The largest absolute Gasteiger partial charge is 0.321 e. The Bertz CT molecular complexity index is 1180. The van der Waals surface area contributed by atoms with E-state index in [9.17, 15) is 13.2 Å². The molecule has 3 aromatic rings. The Morgan fingerprint density at radius 2 is 1.55 bits per heavy atom. The number of amides is 1. The molecule has 0 bridgehead atoms. The maximum absolute atomic E-state index is 12.6. The van der Waals surface area contributed by atoms with Crippen molar-refractivity contribution in [2.24, 2.45) is 0 Å². The molecular formula is C21H18Cl2N2O3S. The van der Waals surface area contributed by atoms with Gasteiger partial charge in [-0.3, -0.25) is 9.52 Å². The Morgan fingerprint density at radius 1 is 0.862 bits per heavy atom. The van der Waals surface area contributed by atoms with Gasteiger partial charge in [-0.25, -0.2) is 8.42 Å². The standard InChI is InChI=1S/C21H18Cl2N2O3S/c1-13-3-7-17(8-4-13)29(27,28)25-19-10-5-15(11-14(19)2)21(26)24-20-12-16(22)6-9-18(20)23/h3-12,25H,1-2H3,(H,24,26). The lowest BCUT2D eigenvalue weighted by atomic mass is 10.1. The number of hydrogen-bond acceptors (Lipinski definition) is 3. The third-order valence-corrected chi connectivity index (χ3v) is 6.19. The van der Waals surface area contributed by atoms with Crippen molar-refractivity contribution < 1.29 is 13.2 Å². The van der Waals surface area contributed by atoms with Gasteiger partial charge in [-0.2, -0.15) is 0 Å². The van der Waals surface area contributed by atoms with Gasteiger partial charge in [-0.15, -0.1) is 0 Å². The first-order valence-electron chi connectivity index (χ1n) is 8.62. The predicted molar refractivity (Wildman–Crippen MR) is 118 cm³/mol. The van der Waals surface area contributed by atoms with Crippen molar-refractivity contribution in [3.8, 4) is 0 Å². The third kappa shape index (κ3) is 5.09. The summed E-state index contributed by atoms with van der Waals surface area (Å²) in [4.78, 5) is 12.7. The summed E-state index contributed by atoms with van der Waals surface area (Å²) in [5, 5.41) is 3.51. The smallest absolute Gasteiger partial charge is 0.261 e. The summed E-state index contributed by atoms with van der Waals surface area (Å²) >= 11 is 12.0. The van der Waals surface area contributed by atoms with Gasteiger partial charge >= 0.3 is 0 Å². The topological polar surface area (TPSA) is 75.3 Å². The van der Waals surface area contributed by atoms with Crippen molar-refractivity contribution in [2.45, 2.75) is 18.7 Å². The van der Waals surface area contributed by atoms with Crippen LogP contribution in [0.25, 0.3) is 0 Å². The molecule has 0 aromatic heterocycles. The van der Waals surface area contributed by atoms with Gasteiger partial charge in [0.25, 0.3) is 15.9 Å². The van der Waals surface area contributed by atoms with Crippen LogP contribution in [-0.2, 0) is 10.0 Å². The Labute approximate surface area is 179 Å². The second kappa shape index (κ2) is 8.45. The average Bonchev–Trinajstić information content (AvgIpc) is 2.66. The average molecular weight is 449 g/mol. The normalized spacial score (nSPS) is 11.2. The lowest BCUT2D eigenvalue weighted by molar-refractivity contribution is 0.102. The van der Waals surface area contributed by atoms with Gasteiger partial charge in [0.05, 0.1) is 21.3 Å². The molecule has 8 heteroatoms. The SMILES string of the molecule is Cc1ccc(S(=O)(=O)Nc2ccc(C(=O)Nc3cc(Cl)ccc3Cl)cc2C)cc1. The molecule has 0 spiro atoms. The fourth-order valence-corrected chi connectivity index (χ4v) is 4.10. The Kier molecular flexibility index (Phi) is 6.17. The number of nitrogens with one attached hydrogen (secondary N) is 2. The minimum absolute atomic E-state index is 0.167. The first kappa shape index (κ1) is 21.2. The molecule has 0 unspecified atom stereocenters. The molecule has 2 N–H and O–H groups in total. The van der Waals surface area contributed by atoms with Crippen molar-refractivity contribution in [1.29, 1.82) is 0 Å². The number of sulfonamides is 1. The number of carbonyl (C=O) groups is 1. The highest BCUT2D eigenvalue weighted by atomic mass is 35.5. The molecule has 0 aliphatic carbocycles. The molecule has 0 saturated carbocycles. The first-order valence-corrected chi connectivity index (χ1v) is 10.9. The number of hydrogen-bond donors (Lipinski definition) is 2. The number of halogens is 2. The van der Waals surface area contributed by atoms with Crippen LogP contribution in [0.5, 0.6) is 0 Å². The van der Waals surface area contributed by atoms with Crippen molar-refractivity contribution in [2.75, 3.05) is 10.0 Å². The molecule has 3 aromatic carbocycles. The number of aryl methyl sites for hydroxylation is 2. The fraction of sp³-hybridized carbons (Fsp3) is 0.0952. The van der Waals surface area contributed by atoms with E-state index in [-0.39, 0.29) is 10.8 Å². The molecule has 1 amide bonds. The zero-order valence-corrected chi connectivity index (χ0v) is 18.0. The molecule has 0 atom stereocenters. The van der Waals surface area contributed by atoms with Crippen LogP contribution in [0.4, 0.5) is 11.4 Å². The maximum Gasteiger partial charge on any atom is 0.261 e. The van der Waals surface area contributed by atoms with Crippen LogP contribution < -0.4 is 10.0 Å². The van der Waals surface area contributed by atoms with Crippen LogP contribution in [-0.4, -0.2) is 14.3 Å². The Morgan fingerprint density at radius 3 is 2.21 bits per heavy atom. The van der Waals surface area contributed by atoms with Gasteiger partial charge in [0.1, 0.15) is 0 Å². The maximum atomic E-state index is 12.6. The predicted octanol–water partition coefficient (Wildman–Crippen LogP) is 5.66. The molecule has 0 saturated heterocycles. The van der Waals surface area contributed by atoms with Gasteiger partial charge in [0, 0.05) is 10.6 Å². The minimum atomic E-state index is -3.73. The molecule has 0 fully saturated rings. The van der Waals surface area contributed by atoms with Crippen molar-refractivity contribution in [1.82, 2.24) is 0 Å². The Hall–Kier alpha value is -2.54. The summed E-state index contributed by atoms with van der Waals surface area (Å²) in [6, 6.07) is 16.0. The summed E-state index contributed by atoms with van der Waals surface area (Å²) in [6.45, 7) is 3.60. The highest BCUT2D eigenvalue weighted by Gasteiger charge is 2.16. The molecule has 0 radical (unpaired) electrons. The molecule has 29 heavy (non-hydrogen) atoms. The highest BCUT2D eigenvalue weighted by Crippen LogP contribution is 2.27. The molecule has 150 valence electrons. The highest BCUT2D eigenvalue weighted by molar-refractivity contribution is 7.92. The van der Waals surface area contributed by atoms with Gasteiger partial charge in [0.2, 0.25) is 0 Å². The van der Waals surface area contributed by atoms with E-state index in [1.165, 1.54) is 6.07 Å². The zero-order chi connectivity index (χ0) is 21.2. The number of rotatable bonds is 5. The second-order valence-electron chi connectivity index (χ2n) is 6.53. The van der Waals surface area contributed by atoms with Crippen LogP contribution >= 0.6 is 23.2 Å². The molecule has 0 aliphatic rings. The van der Waals surface area contributed by atoms with Gasteiger partial charge in [0.15, 0.2) is 0 Å². The zero-order valence-electron chi connectivity index (χ0n) is 15.7. The molecule has 0 heterocycles. The monoisotopic (exact) mass is 448 g/mol. The van der Waals surface area contributed by atoms with Gasteiger partial charge in [-0.1, -0.05) is 40.9 Å². The van der Waals surface area contributed by atoms with E-state index in [0.29, 0.717) is 32.5 Å².